The molecule has 0 bridgehead atoms. The van der Waals surface area contributed by atoms with E-state index in [-0.39, 0.29) is 12.3 Å². The smallest absolute Gasteiger partial charge is 0.422 e. The molecule has 3 N–H and O–H groups in total. The van der Waals surface area contributed by atoms with Crippen LogP contribution in [-0.4, -0.2) is 30.8 Å². The van der Waals surface area contributed by atoms with Crippen molar-refractivity contribution in [3.05, 3.63) is 60.2 Å². The molecule has 0 aliphatic rings. The van der Waals surface area contributed by atoms with Crippen LogP contribution in [0.15, 0.2) is 54.6 Å². The summed E-state index contributed by atoms with van der Waals surface area (Å²) in [6.07, 6.45) is -4.40. The minimum Gasteiger partial charge on any atom is -0.484 e. The number of urea groups is 1. The van der Waals surface area contributed by atoms with Crippen molar-refractivity contribution in [2.45, 2.75) is 25.7 Å². The average Bonchev–Trinajstić information content (AvgIpc) is 2.65. The van der Waals surface area contributed by atoms with Crippen LogP contribution in [0.25, 0.3) is 0 Å². The fraction of sp³-hybridized carbons (Fsp3) is 0.263. The lowest BCUT2D eigenvalue weighted by atomic mass is 10.2. The van der Waals surface area contributed by atoms with Crippen LogP contribution in [0, 0.1) is 0 Å². The average molecular weight is 395 g/mol. The van der Waals surface area contributed by atoms with Gasteiger partial charge >= 0.3 is 12.2 Å². The normalized spacial score (nSPS) is 12.0. The zero-order valence-electron chi connectivity index (χ0n) is 15.0. The number of ether oxygens (including phenoxy) is 1. The van der Waals surface area contributed by atoms with Crippen LogP contribution >= 0.6 is 0 Å². The molecule has 28 heavy (non-hydrogen) atoms. The first-order valence-corrected chi connectivity index (χ1v) is 8.42. The molecular formula is C19H20F3N3O3. The summed E-state index contributed by atoms with van der Waals surface area (Å²) in [5, 5.41) is 7.76. The minimum absolute atomic E-state index is 0.0834. The Morgan fingerprint density at radius 1 is 1.04 bits per heavy atom. The van der Waals surface area contributed by atoms with Crippen molar-refractivity contribution >= 4 is 17.6 Å². The van der Waals surface area contributed by atoms with E-state index < -0.39 is 30.8 Å². The Morgan fingerprint density at radius 3 is 2.29 bits per heavy atom. The van der Waals surface area contributed by atoms with Gasteiger partial charge in [-0.1, -0.05) is 30.3 Å². The van der Waals surface area contributed by atoms with Gasteiger partial charge in [-0.15, -0.1) is 0 Å². The predicted molar refractivity (Wildman–Crippen MR) is 97.9 cm³/mol. The summed E-state index contributed by atoms with van der Waals surface area (Å²) in [5.74, 6) is -0.319. The second kappa shape index (κ2) is 9.63. The number of nitrogens with one attached hydrogen (secondary N) is 3. The van der Waals surface area contributed by atoms with Crippen LogP contribution in [0.5, 0.6) is 5.75 Å². The summed E-state index contributed by atoms with van der Waals surface area (Å²) in [5.41, 5.74) is 1.27. The van der Waals surface area contributed by atoms with Gasteiger partial charge in [-0.05, 0) is 36.8 Å². The highest BCUT2D eigenvalue weighted by Crippen LogP contribution is 2.18. The lowest BCUT2D eigenvalue weighted by Crippen LogP contribution is -2.46. The van der Waals surface area contributed by atoms with E-state index in [1.54, 1.807) is 36.4 Å². The van der Waals surface area contributed by atoms with Gasteiger partial charge in [-0.2, -0.15) is 13.2 Å². The van der Waals surface area contributed by atoms with E-state index in [0.717, 1.165) is 0 Å². The number of hydrogen-bond acceptors (Lipinski definition) is 3. The first-order valence-electron chi connectivity index (χ1n) is 8.42. The van der Waals surface area contributed by atoms with Crippen molar-refractivity contribution in [3.63, 3.8) is 0 Å². The van der Waals surface area contributed by atoms with Crippen LogP contribution in [0.3, 0.4) is 0 Å². The molecule has 0 aliphatic carbocycles. The number of alkyl halides is 3. The number of benzene rings is 2. The fourth-order valence-corrected chi connectivity index (χ4v) is 2.16. The van der Waals surface area contributed by atoms with Gasteiger partial charge in [0, 0.05) is 12.2 Å². The molecule has 2 rings (SSSR count). The van der Waals surface area contributed by atoms with Crippen molar-refractivity contribution in [1.82, 2.24) is 10.6 Å². The highest BCUT2D eigenvalue weighted by atomic mass is 19.4. The molecule has 2 aromatic rings. The van der Waals surface area contributed by atoms with Gasteiger partial charge in [0.25, 0.3) is 0 Å². The summed E-state index contributed by atoms with van der Waals surface area (Å²) >= 11 is 0. The van der Waals surface area contributed by atoms with Gasteiger partial charge in [0.05, 0.1) is 0 Å². The zero-order chi connectivity index (χ0) is 20.6. The Bertz CT molecular complexity index is 781. The molecular weight excluding hydrogens is 375 g/mol. The van der Waals surface area contributed by atoms with E-state index in [9.17, 15) is 22.8 Å². The predicted octanol–water partition coefficient (Wildman–Crippen LogP) is 3.45. The number of rotatable bonds is 7. The second-order valence-corrected chi connectivity index (χ2v) is 5.95. The summed E-state index contributed by atoms with van der Waals surface area (Å²) in [7, 11) is 0. The third-order valence-corrected chi connectivity index (χ3v) is 3.57. The van der Waals surface area contributed by atoms with Crippen molar-refractivity contribution < 1.29 is 27.5 Å². The molecule has 0 saturated heterocycles. The molecule has 1 unspecified atom stereocenters. The van der Waals surface area contributed by atoms with E-state index in [4.69, 9.17) is 0 Å². The highest BCUT2D eigenvalue weighted by Gasteiger charge is 2.28. The van der Waals surface area contributed by atoms with E-state index >= 15 is 0 Å². The first kappa shape index (κ1) is 21.1. The van der Waals surface area contributed by atoms with E-state index in [2.05, 4.69) is 20.7 Å². The van der Waals surface area contributed by atoms with E-state index in [0.29, 0.717) is 11.3 Å². The van der Waals surface area contributed by atoms with Crippen LogP contribution in [0.4, 0.5) is 23.7 Å². The van der Waals surface area contributed by atoms with Gasteiger partial charge in [0.2, 0.25) is 5.91 Å². The molecule has 9 heteroatoms. The van der Waals surface area contributed by atoms with Gasteiger partial charge in [-0.3, -0.25) is 4.79 Å². The maximum absolute atomic E-state index is 12.1. The van der Waals surface area contributed by atoms with Crippen molar-refractivity contribution in [2.24, 2.45) is 0 Å². The topological polar surface area (TPSA) is 79.5 Å². The van der Waals surface area contributed by atoms with Crippen molar-refractivity contribution in [3.8, 4) is 5.75 Å². The third kappa shape index (κ3) is 7.56. The Labute approximate surface area is 160 Å². The van der Waals surface area contributed by atoms with Crippen LogP contribution in [-0.2, 0) is 11.3 Å². The van der Waals surface area contributed by atoms with E-state index in [1.807, 2.05) is 6.07 Å². The number of amides is 3. The number of para-hydroxylation sites is 1. The SMILES string of the molecule is CC(NC(=O)Nc1ccccc1)C(=O)NCc1ccc(OCC(F)(F)F)cc1. The standard InChI is InChI=1S/C19H20F3N3O3/c1-13(24-18(27)25-15-5-3-2-4-6-15)17(26)23-11-14-7-9-16(10-8-14)28-12-19(20,21)22/h2-10,13H,11-12H2,1H3,(H,23,26)(H2,24,25,27). The quantitative estimate of drug-likeness (QED) is 0.672. The molecule has 1 atom stereocenters. The first-order chi connectivity index (χ1) is 13.2. The molecule has 0 radical (unpaired) electrons. The molecule has 0 saturated carbocycles. The van der Waals surface area contributed by atoms with Gasteiger partial charge in [0.1, 0.15) is 11.8 Å². The molecule has 0 heterocycles. The monoisotopic (exact) mass is 395 g/mol. The molecule has 2 aromatic carbocycles. The second-order valence-electron chi connectivity index (χ2n) is 5.95. The molecule has 0 aromatic heterocycles. The van der Waals surface area contributed by atoms with Crippen LogP contribution < -0.4 is 20.7 Å². The van der Waals surface area contributed by atoms with Gasteiger partial charge < -0.3 is 20.7 Å². The molecule has 3 amide bonds. The van der Waals surface area contributed by atoms with Crippen LogP contribution in [0.2, 0.25) is 0 Å². The summed E-state index contributed by atoms with van der Waals surface area (Å²) < 4.78 is 40.9. The molecule has 0 aliphatic heterocycles. The van der Waals surface area contributed by atoms with Crippen molar-refractivity contribution in [2.75, 3.05) is 11.9 Å². The third-order valence-electron chi connectivity index (χ3n) is 3.57. The fourth-order valence-electron chi connectivity index (χ4n) is 2.16. The zero-order valence-corrected chi connectivity index (χ0v) is 15.0. The lowest BCUT2D eigenvalue weighted by molar-refractivity contribution is -0.153. The van der Waals surface area contributed by atoms with Crippen molar-refractivity contribution in [1.29, 1.82) is 0 Å². The minimum atomic E-state index is -4.40. The van der Waals surface area contributed by atoms with Gasteiger partial charge in [0.15, 0.2) is 6.61 Å². The molecule has 0 fully saturated rings. The largest absolute Gasteiger partial charge is 0.484 e. The van der Waals surface area contributed by atoms with Gasteiger partial charge in [-0.25, -0.2) is 4.79 Å². The Morgan fingerprint density at radius 2 is 1.68 bits per heavy atom. The maximum atomic E-state index is 12.1. The van der Waals surface area contributed by atoms with E-state index in [1.165, 1.54) is 19.1 Å². The summed E-state index contributed by atoms with van der Waals surface area (Å²) in [6.45, 7) is 0.329. The molecule has 150 valence electrons. The number of carbonyl (C=O) groups excluding carboxylic acids is 2. The maximum Gasteiger partial charge on any atom is 0.422 e. The summed E-state index contributed by atoms with van der Waals surface area (Å²) in [6, 6.07) is 13.4. The number of anilines is 1. The number of hydrogen-bond donors (Lipinski definition) is 3. The Balaban J connectivity index is 1.75. The van der Waals surface area contributed by atoms with Crippen LogP contribution in [0.1, 0.15) is 12.5 Å². The Hall–Kier alpha value is -3.23. The molecule has 6 nitrogen and oxygen atoms in total. The summed E-state index contributed by atoms with van der Waals surface area (Å²) in [4.78, 5) is 24.0. The number of carbonyl (C=O) groups is 2. The Kier molecular flexibility index (Phi) is 7.25. The molecule has 0 spiro atoms. The lowest BCUT2D eigenvalue weighted by Gasteiger charge is -2.15. The number of halogens is 3. The highest BCUT2D eigenvalue weighted by molar-refractivity contribution is 5.93.